The molecule has 0 spiro atoms. The number of rotatable bonds is 3. The van der Waals surface area contributed by atoms with Crippen LogP contribution >= 0.6 is 0 Å². The third-order valence-corrected chi connectivity index (χ3v) is 5.46. The second-order valence-corrected chi connectivity index (χ2v) is 6.66. The van der Waals surface area contributed by atoms with E-state index >= 15 is 0 Å². The van der Waals surface area contributed by atoms with Crippen LogP contribution in [-0.2, 0) is 0 Å². The van der Waals surface area contributed by atoms with E-state index in [4.69, 9.17) is 9.52 Å². The van der Waals surface area contributed by atoms with Gasteiger partial charge >= 0.3 is 5.97 Å². The molecular weight excluding hydrogens is 258 g/mol. The van der Waals surface area contributed by atoms with Gasteiger partial charge in [-0.2, -0.15) is 4.98 Å². The second-order valence-electron chi connectivity index (χ2n) is 6.66. The molecule has 0 radical (unpaired) electrons. The quantitative estimate of drug-likeness (QED) is 0.858. The lowest BCUT2D eigenvalue weighted by Gasteiger charge is -2.53. The van der Waals surface area contributed by atoms with Crippen LogP contribution in [0.3, 0.4) is 0 Å². The average molecular weight is 275 g/mol. The molecule has 4 saturated carbocycles. The van der Waals surface area contributed by atoms with Crippen LogP contribution in [0.1, 0.15) is 53.3 Å². The Morgan fingerprint density at radius 3 is 2.20 bits per heavy atom. The molecule has 0 unspecified atom stereocenters. The fourth-order valence-electron chi connectivity index (χ4n) is 4.98. The van der Waals surface area contributed by atoms with Crippen LogP contribution in [0.5, 0.6) is 0 Å². The Kier molecular flexibility index (Phi) is 2.53. The molecule has 5 rings (SSSR count). The molecule has 4 fully saturated rings. The summed E-state index contributed by atoms with van der Waals surface area (Å²) in [6, 6.07) is 0. The fraction of sp³-hybridized carbons (Fsp3) is 0.667. The maximum absolute atomic E-state index is 12.6. The molecule has 0 atom stereocenters. The predicted octanol–water partition coefficient (Wildman–Crippen LogP) is 2.63. The first kappa shape index (κ1) is 12.1. The molecule has 5 heteroatoms. The van der Waals surface area contributed by atoms with Crippen LogP contribution in [0.25, 0.3) is 0 Å². The van der Waals surface area contributed by atoms with E-state index in [9.17, 15) is 9.59 Å². The number of carbonyl (C=O) groups is 2. The van der Waals surface area contributed by atoms with E-state index in [2.05, 4.69) is 4.98 Å². The van der Waals surface area contributed by atoms with Crippen LogP contribution < -0.4 is 0 Å². The molecule has 1 aromatic rings. The Balaban J connectivity index is 1.60. The molecule has 4 bridgehead atoms. The van der Waals surface area contributed by atoms with Crippen molar-refractivity contribution in [2.75, 3.05) is 0 Å². The topological polar surface area (TPSA) is 80.4 Å². The summed E-state index contributed by atoms with van der Waals surface area (Å²) in [7, 11) is 0. The molecule has 20 heavy (non-hydrogen) atoms. The first-order valence-corrected chi connectivity index (χ1v) is 7.35. The third kappa shape index (κ3) is 1.72. The molecule has 0 aliphatic heterocycles. The van der Waals surface area contributed by atoms with E-state index in [0.717, 1.165) is 43.8 Å². The number of carboxylic acid groups (broad SMARTS) is 1. The molecule has 1 aromatic heterocycles. The van der Waals surface area contributed by atoms with Gasteiger partial charge in [0.2, 0.25) is 5.78 Å². The highest BCUT2D eigenvalue weighted by Crippen LogP contribution is 2.57. The Morgan fingerprint density at radius 2 is 1.70 bits per heavy atom. The number of hydrogen-bond acceptors (Lipinski definition) is 4. The first-order valence-electron chi connectivity index (χ1n) is 7.35. The van der Waals surface area contributed by atoms with Crippen molar-refractivity contribution in [1.82, 2.24) is 4.98 Å². The van der Waals surface area contributed by atoms with E-state index < -0.39 is 5.97 Å². The van der Waals surface area contributed by atoms with Gasteiger partial charge in [0.25, 0.3) is 5.89 Å². The number of nitrogens with zero attached hydrogens (tertiary/aromatic N) is 1. The van der Waals surface area contributed by atoms with E-state index in [0.29, 0.717) is 11.8 Å². The molecule has 106 valence electrons. The molecule has 5 nitrogen and oxygen atoms in total. The molecule has 4 aliphatic carbocycles. The molecule has 1 N–H and O–H groups in total. The zero-order chi connectivity index (χ0) is 13.9. The van der Waals surface area contributed by atoms with Gasteiger partial charge in [0.1, 0.15) is 6.26 Å². The molecular formula is C15H17NO4. The number of aromatic carboxylic acids is 1. The molecule has 0 aromatic carbocycles. The number of carbonyl (C=O) groups excluding carboxylic acids is 1. The number of carboxylic acids is 1. The van der Waals surface area contributed by atoms with E-state index in [1.54, 1.807) is 0 Å². The lowest BCUT2D eigenvalue weighted by atomic mass is 9.51. The van der Waals surface area contributed by atoms with Gasteiger partial charge in [-0.1, -0.05) is 0 Å². The van der Waals surface area contributed by atoms with Crippen LogP contribution in [0.15, 0.2) is 10.7 Å². The summed E-state index contributed by atoms with van der Waals surface area (Å²) in [6.07, 6.45) is 7.00. The van der Waals surface area contributed by atoms with Gasteiger partial charge in [-0.15, -0.1) is 0 Å². The lowest BCUT2D eigenvalue weighted by Crippen LogP contribution is -2.48. The summed E-state index contributed by atoms with van der Waals surface area (Å²) < 4.78 is 5.10. The largest absolute Gasteiger partial charge is 0.476 e. The van der Waals surface area contributed by atoms with E-state index in [1.807, 2.05) is 0 Å². The van der Waals surface area contributed by atoms with Crippen molar-refractivity contribution < 1.29 is 19.1 Å². The maximum Gasteiger partial charge on any atom is 0.357 e. The minimum Gasteiger partial charge on any atom is -0.476 e. The molecule has 1 heterocycles. The third-order valence-electron chi connectivity index (χ3n) is 5.46. The maximum atomic E-state index is 12.6. The van der Waals surface area contributed by atoms with Gasteiger partial charge in [0, 0.05) is 5.92 Å². The Morgan fingerprint density at radius 1 is 1.10 bits per heavy atom. The molecule has 0 saturated heterocycles. The SMILES string of the molecule is O=C(O)c1coc(C(=O)C2C3CC4CC(C3)CC2C4)n1. The fourth-order valence-corrected chi connectivity index (χ4v) is 4.98. The van der Waals surface area contributed by atoms with Gasteiger partial charge in [-0.3, -0.25) is 4.79 Å². The summed E-state index contributed by atoms with van der Waals surface area (Å²) in [6.45, 7) is 0. The number of oxazole rings is 1. The van der Waals surface area contributed by atoms with Crippen LogP contribution in [0.4, 0.5) is 0 Å². The summed E-state index contributed by atoms with van der Waals surface area (Å²) in [5.41, 5.74) is -0.183. The van der Waals surface area contributed by atoms with Crippen molar-refractivity contribution in [3.05, 3.63) is 17.8 Å². The normalized spacial score (nSPS) is 38.1. The highest BCUT2D eigenvalue weighted by molar-refractivity contribution is 5.95. The van der Waals surface area contributed by atoms with Crippen LogP contribution in [0.2, 0.25) is 0 Å². The number of aromatic nitrogens is 1. The van der Waals surface area contributed by atoms with Gasteiger partial charge in [-0.05, 0) is 55.8 Å². The summed E-state index contributed by atoms with van der Waals surface area (Å²) >= 11 is 0. The van der Waals surface area contributed by atoms with Crippen molar-refractivity contribution in [3.8, 4) is 0 Å². The average Bonchev–Trinajstić information content (AvgIpc) is 2.86. The van der Waals surface area contributed by atoms with Crippen LogP contribution in [0, 0.1) is 29.6 Å². The number of hydrogen-bond donors (Lipinski definition) is 1. The number of Topliss-reactive ketones (excluding diaryl/α,β-unsaturated/α-hetero) is 1. The molecule has 0 amide bonds. The monoisotopic (exact) mass is 275 g/mol. The van der Waals surface area contributed by atoms with Gasteiger partial charge in [-0.25, -0.2) is 4.79 Å². The van der Waals surface area contributed by atoms with Gasteiger partial charge in [0.15, 0.2) is 5.69 Å². The zero-order valence-corrected chi connectivity index (χ0v) is 11.1. The lowest BCUT2D eigenvalue weighted by molar-refractivity contribution is -0.0263. The standard InChI is InChI=1S/C15H17NO4/c17-13(14-16-11(6-20-14)15(18)19)12-9-2-7-1-8(4-9)5-10(12)3-7/h6-10,12H,1-5H2,(H,18,19). The van der Waals surface area contributed by atoms with Crippen molar-refractivity contribution in [1.29, 1.82) is 0 Å². The first-order chi connectivity index (χ1) is 9.61. The Bertz CT molecular complexity index is 548. The summed E-state index contributed by atoms with van der Waals surface area (Å²) in [5, 5.41) is 8.86. The zero-order valence-electron chi connectivity index (χ0n) is 11.1. The second kappa shape index (κ2) is 4.17. The van der Waals surface area contributed by atoms with Crippen LogP contribution in [-0.4, -0.2) is 21.8 Å². The van der Waals surface area contributed by atoms with Gasteiger partial charge < -0.3 is 9.52 Å². The minimum atomic E-state index is -1.15. The summed E-state index contributed by atoms with van der Waals surface area (Å²) in [5.74, 6) is 1.28. The van der Waals surface area contributed by atoms with Crippen molar-refractivity contribution >= 4 is 11.8 Å². The Labute approximate surface area is 116 Å². The van der Waals surface area contributed by atoms with E-state index in [-0.39, 0.29) is 23.3 Å². The van der Waals surface area contributed by atoms with Gasteiger partial charge in [0.05, 0.1) is 0 Å². The van der Waals surface area contributed by atoms with Crippen molar-refractivity contribution in [2.24, 2.45) is 29.6 Å². The molecule has 4 aliphatic rings. The highest BCUT2D eigenvalue weighted by Gasteiger charge is 2.51. The van der Waals surface area contributed by atoms with Crippen molar-refractivity contribution in [2.45, 2.75) is 32.1 Å². The minimum absolute atomic E-state index is 0.00287. The summed E-state index contributed by atoms with van der Waals surface area (Å²) in [4.78, 5) is 27.3. The number of ketones is 1. The highest BCUT2D eigenvalue weighted by atomic mass is 16.4. The van der Waals surface area contributed by atoms with E-state index in [1.165, 1.54) is 6.42 Å². The predicted molar refractivity (Wildman–Crippen MR) is 68.3 cm³/mol. The van der Waals surface area contributed by atoms with Crippen molar-refractivity contribution in [3.63, 3.8) is 0 Å². The Hall–Kier alpha value is -1.65. The smallest absolute Gasteiger partial charge is 0.357 e.